The van der Waals surface area contributed by atoms with Gasteiger partial charge in [0.25, 0.3) is 0 Å². The van der Waals surface area contributed by atoms with E-state index in [2.05, 4.69) is 31.0 Å². The zero-order chi connectivity index (χ0) is 11.7. The summed E-state index contributed by atoms with van der Waals surface area (Å²) >= 11 is 9.17. The van der Waals surface area contributed by atoms with Crippen molar-refractivity contribution in [3.8, 4) is 5.82 Å². The molecule has 0 fully saturated rings. The zero-order valence-corrected chi connectivity index (χ0v) is 11.2. The summed E-state index contributed by atoms with van der Waals surface area (Å²) in [6.45, 7) is 4.09. The first-order valence-corrected chi connectivity index (χ1v) is 5.98. The van der Waals surface area contributed by atoms with Gasteiger partial charge in [-0.15, -0.1) is 0 Å². The van der Waals surface area contributed by atoms with Crippen LogP contribution in [0.5, 0.6) is 0 Å². The van der Waals surface area contributed by atoms with Crippen molar-refractivity contribution < 1.29 is 0 Å². The van der Waals surface area contributed by atoms with Crippen LogP contribution in [0.4, 0.5) is 0 Å². The molecule has 0 radical (unpaired) electrons. The summed E-state index contributed by atoms with van der Waals surface area (Å²) in [4.78, 5) is 8.71. The van der Waals surface area contributed by atoms with Crippen molar-refractivity contribution in [2.75, 3.05) is 0 Å². The van der Waals surface area contributed by atoms with Gasteiger partial charge in [-0.3, -0.25) is 0 Å². The lowest BCUT2D eigenvalue weighted by molar-refractivity contribution is 0.740. The maximum atomic E-state index is 5.81. The van der Waals surface area contributed by atoms with Gasteiger partial charge in [-0.05, 0) is 15.9 Å². The molecule has 0 saturated carbocycles. The summed E-state index contributed by atoms with van der Waals surface area (Å²) in [5, 5.41) is 4.69. The fraction of sp³-hybridized carbons (Fsp3) is 0.300. The third kappa shape index (κ3) is 2.41. The van der Waals surface area contributed by atoms with Crippen LogP contribution in [0.25, 0.3) is 5.82 Å². The molecule has 2 heterocycles. The molecule has 0 aliphatic carbocycles. The summed E-state index contributed by atoms with van der Waals surface area (Å²) in [6, 6.07) is 1.80. The standard InChI is InChI=1S/C10H10BrClN4/c1-6(2)10-14-8(11)3-9(15-10)16-5-7(12)4-13-16/h3-6H,1-2H3. The van der Waals surface area contributed by atoms with Crippen LogP contribution in [0, 0.1) is 0 Å². The SMILES string of the molecule is CC(C)c1nc(Br)cc(-n2cc(Cl)cn2)n1. The Kier molecular flexibility index (Phi) is 3.25. The fourth-order valence-corrected chi connectivity index (χ4v) is 1.75. The first kappa shape index (κ1) is 11.5. The molecule has 0 spiro atoms. The van der Waals surface area contributed by atoms with Crippen molar-refractivity contribution in [1.29, 1.82) is 0 Å². The summed E-state index contributed by atoms with van der Waals surface area (Å²) in [6.07, 6.45) is 3.28. The minimum Gasteiger partial charge on any atom is -0.226 e. The molecule has 6 heteroatoms. The Labute approximate surface area is 107 Å². The molecule has 2 aromatic heterocycles. The maximum absolute atomic E-state index is 5.81. The van der Waals surface area contributed by atoms with E-state index in [-0.39, 0.29) is 5.92 Å². The highest BCUT2D eigenvalue weighted by atomic mass is 79.9. The van der Waals surface area contributed by atoms with Crippen LogP contribution in [0.1, 0.15) is 25.6 Å². The Morgan fingerprint density at radius 3 is 2.69 bits per heavy atom. The van der Waals surface area contributed by atoms with E-state index in [0.717, 1.165) is 10.4 Å². The molecule has 0 unspecified atom stereocenters. The molecule has 0 atom stereocenters. The minimum absolute atomic E-state index is 0.266. The number of nitrogens with zero attached hydrogens (tertiary/aromatic N) is 4. The van der Waals surface area contributed by atoms with Gasteiger partial charge in [0, 0.05) is 12.0 Å². The quantitative estimate of drug-likeness (QED) is 0.800. The Morgan fingerprint density at radius 2 is 2.12 bits per heavy atom. The number of hydrogen-bond donors (Lipinski definition) is 0. The summed E-state index contributed by atoms with van der Waals surface area (Å²) in [7, 11) is 0. The number of hydrogen-bond acceptors (Lipinski definition) is 3. The lowest BCUT2D eigenvalue weighted by atomic mass is 10.2. The molecule has 0 amide bonds. The van der Waals surface area contributed by atoms with Crippen LogP contribution in [0.3, 0.4) is 0 Å². The van der Waals surface area contributed by atoms with Gasteiger partial charge in [-0.2, -0.15) is 5.10 Å². The van der Waals surface area contributed by atoms with E-state index in [1.807, 2.05) is 13.8 Å². The molecule has 0 saturated heterocycles. The molecule has 0 bridgehead atoms. The summed E-state index contributed by atoms with van der Waals surface area (Å²) < 4.78 is 2.37. The Morgan fingerprint density at radius 1 is 1.38 bits per heavy atom. The van der Waals surface area contributed by atoms with E-state index in [9.17, 15) is 0 Å². The molecule has 2 aromatic rings. The van der Waals surface area contributed by atoms with E-state index in [1.165, 1.54) is 0 Å². The van der Waals surface area contributed by atoms with Gasteiger partial charge in [-0.1, -0.05) is 25.4 Å². The normalized spacial score (nSPS) is 11.1. The smallest absolute Gasteiger partial charge is 0.158 e. The second-order valence-electron chi connectivity index (χ2n) is 3.66. The first-order valence-electron chi connectivity index (χ1n) is 4.81. The molecule has 0 aliphatic heterocycles. The van der Waals surface area contributed by atoms with Gasteiger partial charge in [0.1, 0.15) is 10.4 Å². The largest absolute Gasteiger partial charge is 0.226 e. The second kappa shape index (κ2) is 4.51. The lowest BCUT2D eigenvalue weighted by Crippen LogP contribution is -2.04. The van der Waals surface area contributed by atoms with Crippen molar-refractivity contribution in [2.24, 2.45) is 0 Å². The van der Waals surface area contributed by atoms with Crippen molar-refractivity contribution in [1.82, 2.24) is 19.7 Å². The van der Waals surface area contributed by atoms with Crippen LogP contribution < -0.4 is 0 Å². The van der Waals surface area contributed by atoms with Crippen LogP contribution in [0.2, 0.25) is 5.02 Å². The van der Waals surface area contributed by atoms with Gasteiger partial charge in [0.15, 0.2) is 5.82 Å². The van der Waals surface area contributed by atoms with E-state index in [4.69, 9.17) is 11.6 Å². The first-order chi connectivity index (χ1) is 7.56. The number of halogens is 2. The molecule has 16 heavy (non-hydrogen) atoms. The van der Waals surface area contributed by atoms with Crippen LogP contribution in [-0.2, 0) is 0 Å². The highest BCUT2D eigenvalue weighted by Gasteiger charge is 2.08. The number of aromatic nitrogens is 4. The number of rotatable bonds is 2. The molecular weight excluding hydrogens is 291 g/mol. The molecule has 4 nitrogen and oxygen atoms in total. The maximum Gasteiger partial charge on any atom is 0.158 e. The topological polar surface area (TPSA) is 43.6 Å². The van der Waals surface area contributed by atoms with E-state index in [1.54, 1.807) is 23.1 Å². The Balaban J connectivity index is 2.49. The average Bonchev–Trinajstić information content (AvgIpc) is 2.64. The predicted octanol–water partition coefficient (Wildman–Crippen LogP) is 3.20. The van der Waals surface area contributed by atoms with Gasteiger partial charge in [0.2, 0.25) is 0 Å². The highest BCUT2D eigenvalue weighted by Crippen LogP contribution is 2.17. The molecule has 84 valence electrons. The van der Waals surface area contributed by atoms with Gasteiger partial charge >= 0.3 is 0 Å². The highest BCUT2D eigenvalue weighted by molar-refractivity contribution is 9.10. The minimum atomic E-state index is 0.266. The summed E-state index contributed by atoms with van der Waals surface area (Å²) in [5.74, 6) is 1.75. The average molecular weight is 302 g/mol. The van der Waals surface area contributed by atoms with E-state index >= 15 is 0 Å². The van der Waals surface area contributed by atoms with Crippen molar-refractivity contribution in [3.05, 3.63) is 33.9 Å². The predicted molar refractivity (Wildman–Crippen MR) is 66.0 cm³/mol. The van der Waals surface area contributed by atoms with E-state index < -0.39 is 0 Å². The van der Waals surface area contributed by atoms with Crippen molar-refractivity contribution in [3.63, 3.8) is 0 Å². The summed E-state index contributed by atoms with van der Waals surface area (Å²) in [5.41, 5.74) is 0. The molecule has 2 rings (SSSR count). The van der Waals surface area contributed by atoms with Gasteiger partial charge in [-0.25, -0.2) is 14.6 Å². The Hall–Kier alpha value is -0.940. The third-order valence-corrected chi connectivity index (χ3v) is 2.60. The second-order valence-corrected chi connectivity index (χ2v) is 4.91. The van der Waals surface area contributed by atoms with Crippen molar-refractivity contribution >= 4 is 27.5 Å². The van der Waals surface area contributed by atoms with Crippen LogP contribution >= 0.6 is 27.5 Å². The molecule has 0 aromatic carbocycles. The monoisotopic (exact) mass is 300 g/mol. The van der Waals surface area contributed by atoms with Crippen LogP contribution in [-0.4, -0.2) is 19.7 Å². The van der Waals surface area contributed by atoms with Crippen LogP contribution in [0.15, 0.2) is 23.1 Å². The zero-order valence-electron chi connectivity index (χ0n) is 8.85. The van der Waals surface area contributed by atoms with Gasteiger partial charge < -0.3 is 0 Å². The van der Waals surface area contributed by atoms with Crippen molar-refractivity contribution in [2.45, 2.75) is 19.8 Å². The van der Waals surface area contributed by atoms with E-state index in [0.29, 0.717) is 10.8 Å². The van der Waals surface area contributed by atoms with Gasteiger partial charge in [0.05, 0.1) is 17.4 Å². The fourth-order valence-electron chi connectivity index (χ4n) is 1.22. The molecule has 0 N–H and O–H groups in total. The third-order valence-electron chi connectivity index (χ3n) is 2.00. The lowest BCUT2D eigenvalue weighted by Gasteiger charge is -2.07. The molecular formula is C10H10BrClN4. The Bertz CT molecular complexity index is 509. The molecule has 0 aliphatic rings.